The molecular formula is C30H35NO6. The quantitative estimate of drug-likeness (QED) is 0.419. The van der Waals surface area contributed by atoms with E-state index in [2.05, 4.69) is 17.0 Å². The van der Waals surface area contributed by atoms with Crippen molar-refractivity contribution in [3.05, 3.63) is 59.7 Å². The van der Waals surface area contributed by atoms with Crippen molar-refractivity contribution in [1.29, 1.82) is 0 Å². The number of methoxy groups -OCH3 is 2. The molecule has 0 amide bonds. The van der Waals surface area contributed by atoms with Crippen LogP contribution in [0.4, 0.5) is 0 Å². The number of carboxylic acids is 1. The van der Waals surface area contributed by atoms with Gasteiger partial charge in [0.05, 0.1) is 51.7 Å². The molecule has 0 spiro atoms. The van der Waals surface area contributed by atoms with Gasteiger partial charge in [-0.3, -0.25) is 9.69 Å². The molecule has 2 fully saturated rings. The minimum absolute atomic E-state index is 0.0959. The molecule has 5 rings (SSSR count). The fourth-order valence-electron chi connectivity index (χ4n) is 5.42. The Balaban J connectivity index is 1.38. The van der Waals surface area contributed by atoms with Gasteiger partial charge in [-0.2, -0.15) is 0 Å². The molecule has 0 atom stereocenters. The predicted octanol–water partition coefficient (Wildman–Crippen LogP) is 4.92. The SMILES string of the molecule is COc1cc(COC2CCN(C3COC3)CC2)cc(OC)c1-c1cccc2c(CCC(=O)O)cccc12. The zero-order valence-corrected chi connectivity index (χ0v) is 21.6. The van der Waals surface area contributed by atoms with Crippen LogP contribution < -0.4 is 9.47 Å². The molecule has 3 aromatic carbocycles. The van der Waals surface area contributed by atoms with Gasteiger partial charge in [-0.25, -0.2) is 0 Å². The zero-order valence-electron chi connectivity index (χ0n) is 21.6. The van der Waals surface area contributed by atoms with Crippen LogP contribution in [-0.2, 0) is 27.3 Å². The van der Waals surface area contributed by atoms with Crippen molar-refractivity contribution in [3.63, 3.8) is 0 Å². The third-order valence-electron chi connectivity index (χ3n) is 7.55. The minimum Gasteiger partial charge on any atom is -0.496 e. The zero-order chi connectivity index (χ0) is 25.8. The van der Waals surface area contributed by atoms with E-state index in [4.69, 9.17) is 24.1 Å². The van der Waals surface area contributed by atoms with E-state index >= 15 is 0 Å². The number of aryl methyl sites for hydroxylation is 1. The average Bonchev–Trinajstić information content (AvgIpc) is 2.89. The lowest BCUT2D eigenvalue weighted by Crippen LogP contribution is -2.52. The van der Waals surface area contributed by atoms with E-state index in [1.807, 2.05) is 36.4 Å². The molecule has 2 heterocycles. The standard InChI is InChI=1S/C30H35NO6/c1-34-27-15-20(17-37-23-11-13-31(14-12-23)22-18-36-19-22)16-28(35-2)30(27)26-8-4-6-24-21(9-10-29(32)33)5-3-7-25(24)26/h3-8,15-16,22-23H,9-14,17-19H2,1-2H3,(H,32,33). The molecule has 7 heteroatoms. The van der Waals surface area contributed by atoms with E-state index in [0.717, 1.165) is 83.7 Å². The molecule has 0 bridgehead atoms. The summed E-state index contributed by atoms with van der Waals surface area (Å²) in [6.45, 7) is 4.33. The molecule has 196 valence electrons. The second kappa shape index (κ2) is 11.5. The van der Waals surface area contributed by atoms with Gasteiger partial charge >= 0.3 is 5.97 Å². The molecule has 2 aliphatic rings. The first-order valence-corrected chi connectivity index (χ1v) is 13.0. The van der Waals surface area contributed by atoms with Crippen molar-refractivity contribution in [3.8, 4) is 22.6 Å². The molecule has 0 unspecified atom stereocenters. The van der Waals surface area contributed by atoms with Gasteiger partial charge in [0, 0.05) is 19.5 Å². The monoisotopic (exact) mass is 505 g/mol. The first-order chi connectivity index (χ1) is 18.1. The fraction of sp³-hybridized carbons (Fsp3) is 0.433. The van der Waals surface area contributed by atoms with Crippen LogP contribution in [0.3, 0.4) is 0 Å². The summed E-state index contributed by atoms with van der Waals surface area (Å²) in [5, 5.41) is 11.2. The van der Waals surface area contributed by atoms with Crippen LogP contribution in [0, 0.1) is 0 Å². The van der Waals surface area contributed by atoms with Gasteiger partial charge < -0.3 is 24.1 Å². The smallest absolute Gasteiger partial charge is 0.303 e. The van der Waals surface area contributed by atoms with Crippen LogP contribution in [0.15, 0.2) is 48.5 Å². The van der Waals surface area contributed by atoms with Gasteiger partial charge in [0.15, 0.2) is 0 Å². The Labute approximate surface area is 217 Å². The van der Waals surface area contributed by atoms with Crippen molar-refractivity contribution < 1.29 is 28.8 Å². The Bertz CT molecular complexity index is 1220. The number of nitrogens with zero attached hydrogens (tertiary/aromatic N) is 1. The summed E-state index contributed by atoms with van der Waals surface area (Å²) < 4.78 is 23.4. The molecule has 3 aromatic rings. The van der Waals surface area contributed by atoms with Crippen molar-refractivity contribution >= 4 is 16.7 Å². The molecule has 0 aromatic heterocycles. The number of hydrogen-bond acceptors (Lipinski definition) is 6. The van der Waals surface area contributed by atoms with Gasteiger partial charge in [0.25, 0.3) is 0 Å². The Hall–Kier alpha value is -3.13. The molecule has 0 radical (unpaired) electrons. The molecule has 0 saturated carbocycles. The first kappa shape index (κ1) is 25.5. The number of carboxylic acid groups (broad SMARTS) is 1. The van der Waals surface area contributed by atoms with Crippen molar-refractivity contribution in [2.45, 2.75) is 44.4 Å². The van der Waals surface area contributed by atoms with Gasteiger partial charge in [-0.1, -0.05) is 36.4 Å². The molecule has 1 N–H and O–H groups in total. The maximum Gasteiger partial charge on any atom is 0.303 e. The minimum atomic E-state index is -0.798. The topological polar surface area (TPSA) is 77.5 Å². The molecular weight excluding hydrogens is 470 g/mol. The maximum atomic E-state index is 11.2. The predicted molar refractivity (Wildman–Crippen MR) is 142 cm³/mol. The molecule has 7 nitrogen and oxygen atoms in total. The number of rotatable bonds is 10. The van der Waals surface area contributed by atoms with Crippen LogP contribution in [0.1, 0.15) is 30.4 Å². The van der Waals surface area contributed by atoms with E-state index in [9.17, 15) is 4.79 Å². The van der Waals surface area contributed by atoms with Crippen molar-refractivity contribution in [2.24, 2.45) is 0 Å². The number of ether oxygens (including phenoxy) is 4. The number of fused-ring (bicyclic) bond motifs is 1. The Morgan fingerprint density at radius 1 is 1.00 bits per heavy atom. The lowest BCUT2D eigenvalue weighted by atomic mass is 9.92. The summed E-state index contributed by atoms with van der Waals surface area (Å²) in [6, 6.07) is 16.8. The van der Waals surface area contributed by atoms with Crippen LogP contribution in [0.2, 0.25) is 0 Å². The highest BCUT2D eigenvalue weighted by Gasteiger charge is 2.30. The average molecular weight is 506 g/mol. The number of likely N-dealkylation sites (tertiary alicyclic amines) is 1. The Morgan fingerprint density at radius 2 is 1.68 bits per heavy atom. The molecule has 2 saturated heterocycles. The summed E-state index contributed by atoms with van der Waals surface area (Å²) in [5.74, 6) is 0.648. The highest BCUT2D eigenvalue weighted by Crippen LogP contribution is 2.43. The number of carbonyl (C=O) groups is 1. The highest BCUT2D eigenvalue weighted by atomic mass is 16.5. The summed E-state index contributed by atoms with van der Waals surface area (Å²) >= 11 is 0. The summed E-state index contributed by atoms with van der Waals surface area (Å²) in [6.07, 6.45) is 2.88. The number of benzene rings is 3. The van der Waals surface area contributed by atoms with Crippen LogP contribution >= 0.6 is 0 Å². The van der Waals surface area contributed by atoms with E-state index in [-0.39, 0.29) is 12.5 Å². The summed E-state index contributed by atoms with van der Waals surface area (Å²) in [5.41, 5.74) is 3.89. The number of hydrogen-bond donors (Lipinski definition) is 1. The first-order valence-electron chi connectivity index (χ1n) is 13.0. The van der Waals surface area contributed by atoms with Gasteiger partial charge in [-0.15, -0.1) is 0 Å². The van der Waals surface area contributed by atoms with Crippen LogP contribution in [-0.4, -0.2) is 68.6 Å². The van der Waals surface area contributed by atoms with Crippen molar-refractivity contribution in [2.75, 3.05) is 40.5 Å². The fourth-order valence-corrected chi connectivity index (χ4v) is 5.42. The third-order valence-corrected chi connectivity index (χ3v) is 7.55. The second-order valence-corrected chi connectivity index (χ2v) is 9.82. The van der Waals surface area contributed by atoms with Crippen molar-refractivity contribution in [1.82, 2.24) is 4.90 Å². The highest BCUT2D eigenvalue weighted by molar-refractivity contribution is 6.01. The van der Waals surface area contributed by atoms with E-state index in [1.54, 1.807) is 14.2 Å². The van der Waals surface area contributed by atoms with Gasteiger partial charge in [-0.05, 0) is 58.9 Å². The number of aliphatic carboxylic acids is 1. The Kier molecular flexibility index (Phi) is 7.93. The number of piperidine rings is 1. The normalized spacial score (nSPS) is 17.0. The lowest BCUT2D eigenvalue weighted by Gasteiger charge is -2.41. The van der Waals surface area contributed by atoms with E-state index in [1.165, 1.54) is 0 Å². The molecule has 37 heavy (non-hydrogen) atoms. The molecule has 0 aliphatic carbocycles. The van der Waals surface area contributed by atoms with E-state index < -0.39 is 5.97 Å². The molecule has 2 aliphatic heterocycles. The Morgan fingerprint density at radius 3 is 2.30 bits per heavy atom. The third kappa shape index (κ3) is 5.59. The van der Waals surface area contributed by atoms with E-state index in [0.29, 0.717) is 19.1 Å². The largest absolute Gasteiger partial charge is 0.496 e. The summed E-state index contributed by atoms with van der Waals surface area (Å²) in [4.78, 5) is 13.7. The maximum absolute atomic E-state index is 11.2. The summed E-state index contributed by atoms with van der Waals surface area (Å²) in [7, 11) is 3.35. The van der Waals surface area contributed by atoms with Crippen LogP contribution in [0.5, 0.6) is 11.5 Å². The lowest BCUT2D eigenvalue weighted by molar-refractivity contribution is -0.136. The van der Waals surface area contributed by atoms with Gasteiger partial charge in [0.1, 0.15) is 11.5 Å². The van der Waals surface area contributed by atoms with Gasteiger partial charge in [0.2, 0.25) is 0 Å². The van der Waals surface area contributed by atoms with Crippen LogP contribution in [0.25, 0.3) is 21.9 Å². The second-order valence-electron chi connectivity index (χ2n) is 9.82.